The van der Waals surface area contributed by atoms with E-state index in [2.05, 4.69) is 9.99 Å². The fraction of sp³-hybridized carbons (Fsp3) is 0.125. The van der Waals surface area contributed by atoms with Gasteiger partial charge in [-0.1, -0.05) is 23.4 Å². The fourth-order valence-corrected chi connectivity index (χ4v) is 2.19. The van der Waals surface area contributed by atoms with Gasteiger partial charge in [0, 0.05) is 11.6 Å². The molecular formula is C16H15NO5. The first-order chi connectivity index (χ1) is 10.5. The monoisotopic (exact) mass is 301 g/mol. The highest BCUT2D eigenvalue weighted by atomic mass is 16.6. The Kier molecular flexibility index (Phi) is 4.63. The van der Waals surface area contributed by atoms with E-state index in [1.54, 1.807) is 24.3 Å². The molecule has 2 aromatic carbocycles. The van der Waals surface area contributed by atoms with Crippen molar-refractivity contribution in [2.45, 2.75) is 6.42 Å². The van der Waals surface area contributed by atoms with Crippen LogP contribution in [0.25, 0.3) is 11.1 Å². The van der Waals surface area contributed by atoms with Gasteiger partial charge in [-0.05, 0) is 28.8 Å². The van der Waals surface area contributed by atoms with Crippen molar-refractivity contribution in [2.75, 3.05) is 7.11 Å². The number of rotatable bonds is 5. The Hall–Kier alpha value is -3.02. The summed E-state index contributed by atoms with van der Waals surface area (Å²) in [5.74, 6) is -1.42. The fourth-order valence-electron chi connectivity index (χ4n) is 2.19. The summed E-state index contributed by atoms with van der Waals surface area (Å²) in [5, 5.41) is 32.3. The van der Waals surface area contributed by atoms with Crippen molar-refractivity contribution in [3.63, 3.8) is 0 Å². The molecule has 0 radical (unpaired) electrons. The van der Waals surface area contributed by atoms with Gasteiger partial charge < -0.3 is 20.2 Å². The molecule has 6 nitrogen and oxygen atoms in total. The average Bonchev–Trinajstić information content (AvgIpc) is 2.44. The van der Waals surface area contributed by atoms with Crippen LogP contribution in [-0.4, -0.2) is 34.6 Å². The smallest absolute Gasteiger partial charge is 0.307 e. The normalized spacial score (nSPS) is 10.8. The van der Waals surface area contributed by atoms with Gasteiger partial charge >= 0.3 is 5.97 Å². The van der Waals surface area contributed by atoms with Crippen molar-refractivity contribution >= 4 is 12.2 Å². The molecule has 3 N–H and O–H groups in total. The predicted octanol–water partition coefficient (Wildman–Crippen LogP) is 2.37. The molecule has 0 aliphatic carbocycles. The standard InChI is InChI=1S/C16H15NO5/c1-22-17-9-10-3-2-4-11(5-10)16-12(7-15(20)21)6-13(18)8-14(16)19/h2-6,8-9,18-19H,7H2,1H3,(H,20,21). The molecule has 2 rings (SSSR count). The maximum absolute atomic E-state index is 11.0. The van der Waals surface area contributed by atoms with Crippen LogP contribution in [0.1, 0.15) is 11.1 Å². The Morgan fingerprint density at radius 3 is 2.73 bits per heavy atom. The van der Waals surface area contributed by atoms with Crippen LogP contribution in [0.15, 0.2) is 41.6 Å². The van der Waals surface area contributed by atoms with Gasteiger partial charge in [-0.3, -0.25) is 4.79 Å². The molecule has 6 heteroatoms. The molecule has 0 aliphatic rings. The molecule has 0 saturated heterocycles. The van der Waals surface area contributed by atoms with E-state index >= 15 is 0 Å². The van der Waals surface area contributed by atoms with E-state index in [1.807, 2.05) is 0 Å². The molecule has 0 atom stereocenters. The summed E-state index contributed by atoms with van der Waals surface area (Å²) in [5.41, 5.74) is 2.04. The lowest BCUT2D eigenvalue weighted by molar-refractivity contribution is -0.136. The van der Waals surface area contributed by atoms with E-state index in [1.165, 1.54) is 25.5 Å². The number of carboxylic acid groups (broad SMARTS) is 1. The maximum atomic E-state index is 11.0. The first-order valence-electron chi connectivity index (χ1n) is 6.45. The van der Waals surface area contributed by atoms with Gasteiger partial charge in [-0.15, -0.1) is 0 Å². The molecule has 0 saturated carbocycles. The summed E-state index contributed by atoms with van der Waals surface area (Å²) < 4.78 is 0. The molecule has 0 heterocycles. The van der Waals surface area contributed by atoms with Gasteiger partial charge in [-0.2, -0.15) is 0 Å². The number of nitrogens with zero attached hydrogens (tertiary/aromatic N) is 1. The van der Waals surface area contributed by atoms with Crippen molar-refractivity contribution in [3.05, 3.63) is 47.5 Å². The Balaban J connectivity index is 2.56. The second-order valence-corrected chi connectivity index (χ2v) is 4.61. The van der Waals surface area contributed by atoms with Gasteiger partial charge in [0.1, 0.15) is 18.6 Å². The quantitative estimate of drug-likeness (QED) is 0.581. The number of phenolic OH excluding ortho intramolecular Hbond substituents is 2. The highest BCUT2D eigenvalue weighted by Gasteiger charge is 2.15. The minimum atomic E-state index is -1.05. The lowest BCUT2D eigenvalue weighted by atomic mass is 9.95. The van der Waals surface area contributed by atoms with Gasteiger partial charge in [0.2, 0.25) is 0 Å². The first-order valence-corrected chi connectivity index (χ1v) is 6.45. The summed E-state index contributed by atoms with van der Waals surface area (Å²) >= 11 is 0. The lowest BCUT2D eigenvalue weighted by Gasteiger charge is -2.12. The van der Waals surface area contributed by atoms with E-state index < -0.39 is 5.97 Å². The zero-order valence-electron chi connectivity index (χ0n) is 11.9. The summed E-state index contributed by atoms with van der Waals surface area (Å²) in [4.78, 5) is 15.6. The van der Waals surface area contributed by atoms with E-state index in [-0.39, 0.29) is 17.9 Å². The van der Waals surface area contributed by atoms with E-state index in [0.717, 1.165) is 5.56 Å². The molecule has 2 aromatic rings. The minimum absolute atomic E-state index is 0.183. The summed E-state index contributed by atoms with van der Waals surface area (Å²) in [6.45, 7) is 0. The van der Waals surface area contributed by atoms with Crippen LogP contribution in [0, 0.1) is 0 Å². The molecule has 0 amide bonds. The molecule has 0 fully saturated rings. The number of carbonyl (C=O) groups is 1. The van der Waals surface area contributed by atoms with Crippen molar-refractivity contribution in [3.8, 4) is 22.6 Å². The number of hydrogen-bond donors (Lipinski definition) is 3. The second kappa shape index (κ2) is 6.62. The second-order valence-electron chi connectivity index (χ2n) is 4.61. The van der Waals surface area contributed by atoms with Crippen molar-refractivity contribution < 1.29 is 25.0 Å². The molecule has 0 aromatic heterocycles. The SMILES string of the molecule is CON=Cc1cccc(-c2c(O)cc(O)cc2CC(=O)O)c1. The summed E-state index contributed by atoms with van der Waals surface area (Å²) in [6, 6.07) is 9.53. The Labute approximate surface area is 126 Å². The number of benzene rings is 2. The zero-order valence-corrected chi connectivity index (χ0v) is 11.9. The summed E-state index contributed by atoms with van der Waals surface area (Å²) in [7, 11) is 1.43. The molecular weight excluding hydrogens is 286 g/mol. The molecule has 0 spiro atoms. The number of aliphatic carboxylic acids is 1. The topological polar surface area (TPSA) is 99.4 Å². The van der Waals surface area contributed by atoms with Crippen LogP contribution in [0.2, 0.25) is 0 Å². The first kappa shape index (κ1) is 15.4. The van der Waals surface area contributed by atoms with Crippen LogP contribution in [0.3, 0.4) is 0 Å². The minimum Gasteiger partial charge on any atom is -0.508 e. The van der Waals surface area contributed by atoms with E-state index in [0.29, 0.717) is 16.7 Å². The maximum Gasteiger partial charge on any atom is 0.307 e. The number of hydrogen-bond acceptors (Lipinski definition) is 5. The molecule has 0 unspecified atom stereocenters. The summed E-state index contributed by atoms with van der Waals surface area (Å²) in [6.07, 6.45) is 1.19. The molecule has 0 bridgehead atoms. The van der Waals surface area contributed by atoms with Gasteiger partial charge in [0.15, 0.2) is 0 Å². The Morgan fingerprint density at radius 2 is 2.05 bits per heavy atom. The third kappa shape index (κ3) is 3.54. The third-order valence-electron chi connectivity index (χ3n) is 3.01. The van der Waals surface area contributed by atoms with E-state index in [4.69, 9.17) is 5.11 Å². The van der Waals surface area contributed by atoms with Gasteiger partial charge in [0.25, 0.3) is 0 Å². The van der Waals surface area contributed by atoms with Crippen LogP contribution in [0.4, 0.5) is 0 Å². The highest BCUT2D eigenvalue weighted by molar-refractivity contribution is 5.85. The average molecular weight is 301 g/mol. The zero-order chi connectivity index (χ0) is 16.1. The Bertz CT molecular complexity index is 724. The molecule has 114 valence electrons. The lowest BCUT2D eigenvalue weighted by Crippen LogP contribution is -2.02. The van der Waals surface area contributed by atoms with Crippen LogP contribution < -0.4 is 0 Å². The Morgan fingerprint density at radius 1 is 1.27 bits per heavy atom. The number of aromatic hydroxyl groups is 2. The third-order valence-corrected chi connectivity index (χ3v) is 3.01. The van der Waals surface area contributed by atoms with Gasteiger partial charge in [0.05, 0.1) is 12.6 Å². The van der Waals surface area contributed by atoms with Crippen molar-refractivity contribution in [1.82, 2.24) is 0 Å². The molecule has 22 heavy (non-hydrogen) atoms. The predicted molar refractivity (Wildman–Crippen MR) is 81.2 cm³/mol. The number of carboxylic acids is 1. The van der Waals surface area contributed by atoms with Crippen LogP contribution >= 0.6 is 0 Å². The van der Waals surface area contributed by atoms with Crippen molar-refractivity contribution in [1.29, 1.82) is 0 Å². The largest absolute Gasteiger partial charge is 0.508 e. The number of phenols is 2. The molecule has 0 aliphatic heterocycles. The van der Waals surface area contributed by atoms with Crippen LogP contribution in [0.5, 0.6) is 11.5 Å². The van der Waals surface area contributed by atoms with Gasteiger partial charge in [-0.25, -0.2) is 0 Å². The van der Waals surface area contributed by atoms with Crippen molar-refractivity contribution in [2.24, 2.45) is 5.16 Å². The van der Waals surface area contributed by atoms with Crippen LogP contribution in [-0.2, 0) is 16.1 Å². The highest BCUT2D eigenvalue weighted by Crippen LogP contribution is 2.36. The van der Waals surface area contributed by atoms with E-state index in [9.17, 15) is 15.0 Å². The number of oxime groups is 1.